The number of thiocarbonyl (C=S) groups is 1. The molecule has 1 fully saturated rings. The van der Waals surface area contributed by atoms with Crippen LogP contribution in [0, 0.1) is 5.92 Å². The zero-order chi connectivity index (χ0) is 13.8. The smallest absolute Gasteiger partial charge is 0.131 e. The summed E-state index contributed by atoms with van der Waals surface area (Å²) >= 11 is 8.63. The maximum atomic E-state index is 6.23. The molecule has 0 spiro atoms. The van der Waals surface area contributed by atoms with Gasteiger partial charge in [-0.05, 0) is 59.7 Å². The van der Waals surface area contributed by atoms with Crippen molar-refractivity contribution in [2.24, 2.45) is 11.7 Å². The van der Waals surface area contributed by atoms with E-state index >= 15 is 0 Å². The molecule has 1 aromatic carbocycles. The van der Waals surface area contributed by atoms with Gasteiger partial charge in [0.1, 0.15) is 16.8 Å². The van der Waals surface area contributed by atoms with Crippen molar-refractivity contribution in [3.05, 3.63) is 28.2 Å². The first-order valence-electron chi connectivity index (χ1n) is 6.88. The van der Waals surface area contributed by atoms with Crippen LogP contribution in [0.3, 0.4) is 0 Å². The Morgan fingerprint density at radius 1 is 1.42 bits per heavy atom. The van der Waals surface area contributed by atoms with Gasteiger partial charge in [0.25, 0.3) is 0 Å². The number of benzene rings is 1. The standard InChI is InChI=1S/C15H20BrNOS/c1-2-10-6-3-4-8-12(10)18-13-9-5-7-11(16)14(13)15(17)19/h5,7,9-10,12H,2-4,6,8H2,1H3,(H2,17,19). The Morgan fingerprint density at radius 3 is 2.84 bits per heavy atom. The van der Waals surface area contributed by atoms with Crippen LogP contribution in [0.5, 0.6) is 5.75 Å². The van der Waals surface area contributed by atoms with Crippen LogP contribution in [0.25, 0.3) is 0 Å². The zero-order valence-electron chi connectivity index (χ0n) is 11.2. The Morgan fingerprint density at radius 2 is 2.16 bits per heavy atom. The van der Waals surface area contributed by atoms with Gasteiger partial charge in [-0.1, -0.05) is 31.6 Å². The zero-order valence-corrected chi connectivity index (χ0v) is 13.6. The molecule has 2 N–H and O–H groups in total. The summed E-state index contributed by atoms with van der Waals surface area (Å²) in [7, 11) is 0. The molecule has 0 aliphatic heterocycles. The van der Waals surface area contributed by atoms with Crippen LogP contribution >= 0.6 is 28.1 Å². The number of halogens is 1. The third-order valence-electron chi connectivity index (χ3n) is 3.86. The van der Waals surface area contributed by atoms with E-state index < -0.39 is 0 Å². The summed E-state index contributed by atoms with van der Waals surface area (Å²) in [5, 5.41) is 0. The van der Waals surface area contributed by atoms with Crippen molar-refractivity contribution in [1.82, 2.24) is 0 Å². The molecule has 2 unspecified atom stereocenters. The second kappa shape index (κ2) is 6.71. The van der Waals surface area contributed by atoms with Crippen molar-refractivity contribution < 1.29 is 4.74 Å². The lowest BCUT2D eigenvalue weighted by molar-refractivity contribution is 0.0902. The largest absolute Gasteiger partial charge is 0.489 e. The summed E-state index contributed by atoms with van der Waals surface area (Å²) in [5.74, 6) is 1.46. The van der Waals surface area contributed by atoms with E-state index in [2.05, 4.69) is 22.9 Å². The highest BCUT2D eigenvalue weighted by molar-refractivity contribution is 9.10. The van der Waals surface area contributed by atoms with E-state index in [1.807, 2.05) is 18.2 Å². The first-order valence-corrected chi connectivity index (χ1v) is 8.08. The second-order valence-corrected chi connectivity index (χ2v) is 6.38. The van der Waals surface area contributed by atoms with Crippen molar-refractivity contribution >= 4 is 33.1 Å². The third-order valence-corrected chi connectivity index (χ3v) is 4.73. The Labute approximate surface area is 128 Å². The Kier molecular flexibility index (Phi) is 5.22. The van der Waals surface area contributed by atoms with Crippen LogP contribution in [0.1, 0.15) is 44.6 Å². The van der Waals surface area contributed by atoms with Gasteiger partial charge in [-0.3, -0.25) is 0 Å². The molecule has 0 bridgehead atoms. The lowest BCUT2D eigenvalue weighted by Crippen LogP contribution is -2.30. The maximum absolute atomic E-state index is 6.23. The van der Waals surface area contributed by atoms with Gasteiger partial charge >= 0.3 is 0 Å². The topological polar surface area (TPSA) is 35.2 Å². The molecule has 1 aromatic rings. The van der Waals surface area contributed by atoms with Crippen molar-refractivity contribution in [3.63, 3.8) is 0 Å². The lowest BCUT2D eigenvalue weighted by Gasteiger charge is -2.32. The molecule has 1 aliphatic rings. The van der Waals surface area contributed by atoms with E-state index in [0.29, 0.717) is 17.0 Å². The molecule has 4 heteroatoms. The van der Waals surface area contributed by atoms with Gasteiger partial charge in [-0.25, -0.2) is 0 Å². The average Bonchev–Trinajstić information content (AvgIpc) is 2.39. The van der Waals surface area contributed by atoms with Crippen LogP contribution in [-0.4, -0.2) is 11.1 Å². The van der Waals surface area contributed by atoms with Gasteiger partial charge in [-0.2, -0.15) is 0 Å². The van der Waals surface area contributed by atoms with Crippen LogP contribution in [0.15, 0.2) is 22.7 Å². The molecule has 1 saturated carbocycles. The molecule has 0 aromatic heterocycles. The summed E-state index contributed by atoms with van der Waals surface area (Å²) in [4.78, 5) is 0.381. The summed E-state index contributed by atoms with van der Waals surface area (Å²) in [6, 6.07) is 5.87. The monoisotopic (exact) mass is 341 g/mol. The SMILES string of the molecule is CCC1CCCCC1Oc1cccc(Br)c1C(N)=S. The van der Waals surface area contributed by atoms with Gasteiger partial charge in [0.2, 0.25) is 0 Å². The maximum Gasteiger partial charge on any atom is 0.131 e. The summed E-state index contributed by atoms with van der Waals surface area (Å²) < 4.78 is 7.14. The van der Waals surface area contributed by atoms with Crippen molar-refractivity contribution in [1.29, 1.82) is 0 Å². The normalized spacial score (nSPS) is 23.1. The number of rotatable bonds is 4. The van der Waals surface area contributed by atoms with Gasteiger partial charge in [0, 0.05) is 4.47 Å². The van der Waals surface area contributed by atoms with E-state index in [1.165, 1.54) is 25.7 Å². The first kappa shape index (κ1) is 14.8. The Hall–Kier alpha value is -0.610. The van der Waals surface area contributed by atoms with E-state index in [4.69, 9.17) is 22.7 Å². The molecule has 0 heterocycles. The molecule has 2 rings (SSSR count). The first-order chi connectivity index (χ1) is 9.13. The molecule has 2 nitrogen and oxygen atoms in total. The van der Waals surface area contributed by atoms with Crippen molar-refractivity contribution in [3.8, 4) is 5.75 Å². The summed E-state index contributed by atoms with van der Waals surface area (Å²) in [5.41, 5.74) is 6.63. The fourth-order valence-electron chi connectivity index (χ4n) is 2.80. The van der Waals surface area contributed by atoms with Gasteiger partial charge < -0.3 is 10.5 Å². The Balaban J connectivity index is 2.22. The van der Waals surface area contributed by atoms with Crippen LogP contribution in [0.2, 0.25) is 0 Å². The highest BCUT2D eigenvalue weighted by Gasteiger charge is 2.26. The molecule has 0 amide bonds. The molecule has 2 atom stereocenters. The predicted octanol–water partition coefficient (Wildman–Crippen LogP) is 4.43. The highest BCUT2D eigenvalue weighted by atomic mass is 79.9. The molecule has 0 saturated heterocycles. The molecule has 19 heavy (non-hydrogen) atoms. The Bertz CT molecular complexity index is 463. The fraction of sp³-hybridized carbons (Fsp3) is 0.533. The van der Waals surface area contributed by atoms with Crippen LogP contribution in [0.4, 0.5) is 0 Å². The minimum absolute atomic E-state index is 0.293. The summed E-state index contributed by atoms with van der Waals surface area (Å²) in [6.07, 6.45) is 6.41. The van der Waals surface area contributed by atoms with E-state index in [9.17, 15) is 0 Å². The molecule has 104 valence electrons. The fourth-order valence-corrected chi connectivity index (χ4v) is 3.70. The molecular formula is C15H20BrNOS. The van der Waals surface area contributed by atoms with Gasteiger partial charge in [0.05, 0.1) is 5.56 Å². The van der Waals surface area contributed by atoms with Crippen LogP contribution < -0.4 is 10.5 Å². The van der Waals surface area contributed by atoms with Crippen molar-refractivity contribution in [2.45, 2.75) is 45.1 Å². The molecule has 1 aliphatic carbocycles. The molecular weight excluding hydrogens is 322 g/mol. The number of ether oxygens (including phenoxy) is 1. The van der Waals surface area contributed by atoms with E-state index in [1.54, 1.807) is 0 Å². The van der Waals surface area contributed by atoms with Crippen molar-refractivity contribution in [2.75, 3.05) is 0 Å². The van der Waals surface area contributed by atoms with Crippen LogP contribution in [-0.2, 0) is 0 Å². The molecule has 0 radical (unpaired) electrons. The third kappa shape index (κ3) is 3.48. The lowest BCUT2D eigenvalue weighted by atomic mass is 9.84. The summed E-state index contributed by atoms with van der Waals surface area (Å²) in [6.45, 7) is 2.24. The minimum atomic E-state index is 0.293. The van der Waals surface area contributed by atoms with E-state index in [0.717, 1.165) is 22.2 Å². The predicted molar refractivity (Wildman–Crippen MR) is 86.7 cm³/mol. The average molecular weight is 342 g/mol. The van der Waals surface area contributed by atoms with E-state index in [-0.39, 0.29) is 0 Å². The van der Waals surface area contributed by atoms with Gasteiger partial charge in [-0.15, -0.1) is 0 Å². The number of hydrogen-bond acceptors (Lipinski definition) is 2. The minimum Gasteiger partial charge on any atom is -0.489 e. The highest BCUT2D eigenvalue weighted by Crippen LogP contribution is 2.33. The second-order valence-electron chi connectivity index (χ2n) is 5.09. The number of hydrogen-bond donors (Lipinski definition) is 1. The quantitative estimate of drug-likeness (QED) is 0.822. The number of nitrogens with two attached hydrogens (primary N) is 1. The van der Waals surface area contributed by atoms with Gasteiger partial charge in [0.15, 0.2) is 0 Å².